The Bertz CT molecular complexity index is 916. The summed E-state index contributed by atoms with van der Waals surface area (Å²) in [5.41, 5.74) is 0.0420. The molecule has 0 aliphatic carbocycles. The molecule has 0 atom stereocenters. The van der Waals surface area contributed by atoms with Crippen molar-refractivity contribution in [3.63, 3.8) is 0 Å². The summed E-state index contributed by atoms with van der Waals surface area (Å²) in [7, 11) is -4.16. The summed E-state index contributed by atoms with van der Waals surface area (Å²) in [4.78, 5) is 4.34. The van der Waals surface area contributed by atoms with Crippen molar-refractivity contribution in [2.45, 2.75) is 10.5 Å². The van der Waals surface area contributed by atoms with E-state index in [1.165, 1.54) is 22.8 Å². The van der Waals surface area contributed by atoms with E-state index in [-0.39, 0.29) is 34.5 Å². The quantitative estimate of drug-likeness (QED) is 0.604. The van der Waals surface area contributed by atoms with Crippen LogP contribution in [0.25, 0.3) is 21.4 Å². The third-order valence-electron chi connectivity index (χ3n) is 2.76. The molecule has 1 aromatic carbocycles. The van der Waals surface area contributed by atoms with Crippen LogP contribution < -0.4 is 29.6 Å². The van der Waals surface area contributed by atoms with E-state index in [4.69, 9.17) is 5.14 Å². The van der Waals surface area contributed by atoms with E-state index < -0.39 is 26.1 Å². The molecule has 0 spiro atoms. The van der Waals surface area contributed by atoms with E-state index in [0.717, 1.165) is 12.1 Å². The number of imidazole rings is 1. The maximum absolute atomic E-state index is 12.5. The standard InChI is InChI=1S/C11H6F3N4O2S2.Na/c12-11(13,14)7-3-1-6(2-4-7)8-5-18-9(16-8)21-10(17-18)22(15,19)20;/h1-5H,(H-,15,19,20);/q-1;+1. The summed E-state index contributed by atoms with van der Waals surface area (Å²) in [5, 5.41) is 10.6. The second kappa shape index (κ2) is 6.15. The summed E-state index contributed by atoms with van der Waals surface area (Å²) in [6.45, 7) is 0. The molecule has 0 aliphatic rings. The van der Waals surface area contributed by atoms with Crippen LogP contribution in [0.2, 0.25) is 0 Å². The molecule has 0 unspecified atom stereocenters. The molecule has 1 N–H and O–H groups in total. The van der Waals surface area contributed by atoms with E-state index in [1.54, 1.807) is 0 Å². The van der Waals surface area contributed by atoms with Crippen molar-refractivity contribution in [2.24, 2.45) is 0 Å². The number of halogens is 3. The molecule has 6 nitrogen and oxygen atoms in total. The first-order chi connectivity index (χ1) is 10.1. The van der Waals surface area contributed by atoms with Gasteiger partial charge in [0.15, 0.2) is 0 Å². The number of aromatic nitrogens is 3. The molecule has 23 heavy (non-hydrogen) atoms. The molecule has 0 radical (unpaired) electrons. The fourth-order valence-corrected chi connectivity index (χ4v) is 3.23. The first kappa shape index (κ1) is 18.4. The number of fused-ring (bicyclic) bond motifs is 1. The maximum atomic E-state index is 12.5. The zero-order chi connectivity index (χ0) is 16.1. The third kappa shape index (κ3) is 3.75. The zero-order valence-electron chi connectivity index (χ0n) is 11.5. The normalized spacial score (nSPS) is 12.3. The van der Waals surface area contributed by atoms with E-state index in [9.17, 15) is 21.6 Å². The van der Waals surface area contributed by atoms with Gasteiger partial charge in [0.25, 0.3) is 0 Å². The van der Waals surface area contributed by atoms with E-state index in [0.29, 0.717) is 22.6 Å². The molecule has 12 heteroatoms. The molecular weight excluding hydrogens is 364 g/mol. The minimum Gasteiger partial charge on any atom is -0.558 e. The molecule has 0 bridgehead atoms. The number of hydrogen-bond donors (Lipinski definition) is 0. The predicted molar refractivity (Wildman–Crippen MR) is 72.8 cm³/mol. The molecule has 0 aliphatic heterocycles. The Labute approximate surface area is 154 Å². The Morgan fingerprint density at radius 3 is 2.26 bits per heavy atom. The van der Waals surface area contributed by atoms with Gasteiger partial charge >= 0.3 is 35.7 Å². The number of hydrogen-bond acceptors (Lipinski definition) is 5. The van der Waals surface area contributed by atoms with Gasteiger partial charge in [-0.2, -0.15) is 13.2 Å². The summed E-state index contributed by atoms with van der Waals surface area (Å²) in [5.74, 6) is 0. The largest absolute Gasteiger partial charge is 1.00 e. The fourth-order valence-electron chi connectivity index (χ4n) is 1.76. The van der Waals surface area contributed by atoms with Crippen LogP contribution >= 0.6 is 11.3 Å². The Hall–Kier alpha value is -0.980. The maximum Gasteiger partial charge on any atom is 1.00 e. The zero-order valence-corrected chi connectivity index (χ0v) is 15.1. The first-order valence-electron chi connectivity index (χ1n) is 5.68. The molecule has 2 heterocycles. The van der Waals surface area contributed by atoms with Gasteiger partial charge in [-0.25, -0.2) is 17.9 Å². The molecule has 3 rings (SSSR count). The number of nitrogens with one attached hydrogen (secondary N) is 1. The van der Waals surface area contributed by atoms with Crippen LogP contribution in [0, 0.1) is 0 Å². The third-order valence-corrected chi connectivity index (χ3v) is 4.93. The molecule has 0 fully saturated rings. The second-order valence-corrected chi connectivity index (χ2v) is 6.91. The van der Waals surface area contributed by atoms with Gasteiger partial charge in [0.2, 0.25) is 9.30 Å². The van der Waals surface area contributed by atoms with Crippen molar-refractivity contribution in [1.29, 1.82) is 0 Å². The number of nitrogens with zero attached hydrogens (tertiary/aromatic N) is 3. The van der Waals surface area contributed by atoms with Gasteiger partial charge in [-0.1, -0.05) is 23.5 Å². The van der Waals surface area contributed by atoms with E-state index >= 15 is 0 Å². The smallest absolute Gasteiger partial charge is 0.558 e. The molecule has 116 valence electrons. The van der Waals surface area contributed by atoms with Gasteiger partial charge in [0, 0.05) is 5.56 Å². The van der Waals surface area contributed by atoms with Gasteiger partial charge in [-0.15, -0.1) is 5.10 Å². The van der Waals surface area contributed by atoms with Gasteiger partial charge in [0.05, 0.1) is 17.5 Å². The average molecular weight is 370 g/mol. The summed E-state index contributed by atoms with van der Waals surface area (Å²) >= 11 is 0.712. The van der Waals surface area contributed by atoms with Crippen molar-refractivity contribution in [3.05, 3.63) is 41.2 Å². The molecule has 0 amide bonds. The van der Waals surface area contributed by atoms with Crippen molar-refractivity contribution in [1.82, 2.24) is 14.6 Å². The number of alkyl halides is 3. The predicted octanol–water partition coefficient (Wildman–Crippen LogP) is 0.221. The molecular formula is C11H6F3N4NaO2S2. The number of benzene rings is 1. The van der Waals surface area contributed by atoms with E-state index in [1.807, 2.05) is 0 Å². The van der Waals surface area contributed by atoms with Crippen molar-refractivity contribution < 1.29 is 51.1 Å². The van der Waals surface area contributed by atoms with Crippen LogP contribution in [0.1, 0.15) is 5.56 Å². The minimum atomic E-state index is -4.41. The van der Waals surface area contributed by atoms with Gasteiger partial charge in [0.1, 0.15) is 10.0 Å². The Kier molecular flexibility index (Phi) is 4.91. The van der Waals surface area contributed by atoms with Crippen LogP contribution in [0.3, 0.4) is 0 Å². The number of rotatable bonds is 2. The molecule has 0 saturated carbocycles. The van der Waals surface area contributed by atoms with E-state index in [2.05, 4.69) is 10.1 Å². The van der Waals surface area contributed by atoms with Crippen LogP contribution in [0.15, 0.2) is 34.8 Å². The van der Waals surface area contributed by atoms with Crippen LogP contribution in [-0.2, 0) is 16.2 Å². The Morgan fingerprint density at radius 2 is 1.78 bits per heavy atom. The Morgan fingerprint density at radius 1 is 1.17 bits per heavy atom. The van der Waals surface area contributed by atoms with Crippen LogP contribution in [0.4, 0.5) is 13.2 Å². The van der Waals surface area contributed by atoms with Gasteiger partial charge in [-0.05, 0) is 12.1 Å². The van der Waals surface area contributed by atoms with Crippen LogP contribution in [0.5, 0.6) is 0 Å². The van der Waals surface area contributed by atoms with Gasteiger partial charge < -0.3 is 5.14 Å². The van der Waals surface area contributed by atoms with Gasteiger partial charge in [-0.3, -0.25) is 0 Å². The summed E-state index contributed by atoms with van der Waals surface area (Å²) in [6, 6.07) is 4.43. The topological polar surface area (TPSA) is 88.1 Å². The van der Waals surface area contributed by atoms with Crippen molar-refractivity contribution in [3.8, 4) is 11.3 Å². The van der Waals surface area contributed by atoms with Crippen molar-refractivity contribution >= 4 is 26.3 Å². The second-order valence-electron chi connectivity index (χ2n) is 4.30. The Balaban J connectivity index is 0.00000192. The van der Waals surface area contributed by atoms with Crippen LogP contribution in [-0.4, -0.2) is 23.0 Å². The summed E-state index contributed by atoms with van der Waals surface area (Å²) in [6.07, 6.45) is -3.02. The summed E-state index contributed by atoms with van der Waals surface area (Å²) < 4.78 is 60.4. The minimum absolute atomic E-state index is 0. The molecule has 3 aromatic rings. The molecule has 0 saturated heterocycles. The average Bonchev–Trinajstić information content (AvgIpc) is 2.95. The number of sulfonamides is 1. The SMILES string of the molecule is [NH-]S(=O)(=O)c1nn2cc(-c3ccc(C(F)(F)F)cc3)nc2s1.[Na+]. The van der Waals surface area contributed by atoms with Crippen molar-refractivity contribution in [2.75, 3.05) is 0 Å². The fraction of sp³-hybridized carbons (Fsp3) is 0.0909. The monoisotopic (exact) mass is 370 g/mol. The molecule has 2 aromatic heterocycles. The first-order valence-corrected chi connectivity index (χ1v) is 7.98.